The molecule has 4 nitrogen and oxygen atoms in total. The van der Waals surface area contributed by atoms with E-state index in [1.54, 1.807) is 19.2 Å². The Balaban J connectivity index is 1.67. The monoisotopic (exact) mass is 382 g/mol. The summed E-state index contributed by atoms with van der Waals surface area (Å²) in [4.78, 5) is 18.8. The highest BCUT2D eigenvalue weighted by Gasteiger charge is 2.49. The first-order valence-electron chi connectivity index (χ1n) is 9.89. The van der Waals surface area contributed by atoms with Crippen LogP contribution in [0.15, 0.2) is 36.4 Å². The molecule has 1 spiro atoms. The second-order valence-corrected chi connectivity index (χ2v) is 7.97. The largest absolute Gasteiger partial charge is 0.304 e. The molecule has 0 bridgehead atoms. The maximum Gasteiger partial charge on any atom is 0.161 e. The number of benzene rings is 2. The van der Waals surface area contributed by atoms with Crippen LogP contribution in [0.5, 0.6) is 0 Å². The van der Waals surface area contributed by atoms with Gasteiger partial charge in [0.15, 0.2) is 5.78 Å². The lowest BCUT2D eigenvalue weighted by atomic mass is 9.78. The molecule has 0 radical (unpaired) electrons. The number of carbonyl (C=O) groups excluding carboxylic acids is 1. The number of Topliss-reactive ketones (excluding diaryl/α,β-unsaturated/α-hetero) is 1. The van der Waals surface area contributed by atoms with Gasteiger partial charge in [0.05, 0.1) is 18.6 Å². The summed E-state index contributed by atoms with van der Waals surface area (Å²) >= 11 is 0. The quantitative estimate of drug-likeness (QED) is 0.878. The normalized spacial score (nSPS) is 22.1. The Hall–Kier alpha value is -2.08. The molecule has 2 saturated heterocycles. The Labute approximate surface area is 165 Å². The number of aryl methyl sites for hydroxylation is 1. The fraction of sp³-hybridized carbons (Fsp3) is 0.435. The lowest BCUT2D eigenvalue weighted by Gasteiger charge is -2.37. The Morgan fingerprint density at radius 1 is 1.11 bits per heavy atom. The van der Waals surface area contributed by atoms with Crippen LogP contribution in [-0.2, 0) is 9.63 Å². The Morgan fingerprint density at radius 3 is 2.43 bits per heavy atom. The highest BCUT2D eigenvalue weighted by molar-refractivity contribution is 5.97. The van der Waals surface area contributed by atoms with E-state index in [0.29, 0.717) is 12.3 Å². The average Bonchev–Trinajstić information content (AvgIpc) is 3.00. The average molecular weight is 382 g/mol. The van der Waals surface area contributed by atoms with E-state index in [0.717, 1.165) is 53.7 Å². The minimum atomic E-state index is -0.440. The molecule has 0 amide bonds. The summed E-state index contributed by atoms with van der Waals surface area (Å²) in [6.07, 6.45) is 1.54. The highest BCUT2D eigenvalue weighted by Crippen LogP contribution is 2.40. The van der Waals surface area contributed by atoms with Crippen LogP contribution in [0.2, 0.25) is 0 Å². The van der Waals surface area contributed by atoms with E-state index in [-0.39, 0.29) is 11.7 Å². The lowest BCUT2D eigenvalue weighted by molar-refractivity contribution is -0.156. The Bertz CT molecular complexity index is 886. The van der Waals surface area contributed by atoms with Gasteiger partial charge in [0.2, 0.25) is 0 Å². The maximum atomic E-state index is 13.5. The molecular weight excluding hydrogens is 355 g/mol. The smallest absolute Gasteiger partial charge is 0.161 e. The van der Waals surface area contributed by atoms with E-state index in [1.165, 1.54) is 12.1 Å². The molecule has 28 heavy (non-hydrogen) atoms. The van der Waals surface area contributed by atoms with Gasteiger partial charge in [-0.1, -0.05) is 24.3 Å². The van der Waals surface area contributed by atoms with Crippen LogP contribution < -0.4 is 5.32 Å². The number of nitrogens with zero attached hydrogens (tertiary/aromatic N) is 1. The number of ketones is 1. The Morgan fingerprint density at radius 2 is 1.79 bits per heavy atom. The van der Waals surface area contributed by atoms with Crippen molar-refractivity contribution < 1.29 is 14.0 Å². The molecule has 2 aromatic rings. The summed E-state index contributed by atoms with van der Waals surface area (Å²) < 4.78 is 13.3. The van der Waals surface area contributed by atoms with Gasteiger partial charge in [-0.2, -0.15) is 5.06 Å². The van der Waals surface area contributed by atoms with Crippen molar-refractivity contribution in [2.24, 2.45) is 0 Å². The molecule has 1 unspecified atom stereocenters. The number of piperidine rings is 1. The van der Waals surface area contributed by atoms with Crippen LogP contribution in [0.4, 0.5) is 4.39 Å². The van der Waals surface area contributed by atoms with Crippen molar-refractivity contribution in [2.45, 2.75) is 38.1 Å². The Kier molecular flexibility index (Phi) is 5.08. The third-order valence-electron chi connectivity index (χ3n) is 6.50. The number of rotatable bonds is 3. The van der Waals surface area contributed by atoms with E-state index in [4.69, 9.17) is 4.84 Å². The van der Waals surface area contributed by atoms with Crippen LogP contribution in [-0.4, -0.2) is 43.1 Å². The second kappa shape index (κ2) is 7.39. The first kappa shape index (κ1) is 19.2. The predicted octanol–water partition coefficient (Wildman–Crippen LogP) is 3.76. The molecule has 148 valence electrons. The lowest BCUT2D eigenvalue weighted by Crippen LogP contribution is -2.53. The van der Waals surface area contributed by atoms with Gasteiger partial charge in [-0.05, 0) is 66.6 Å². The summed E-state index contributed by atoms with van der Waals surface area (Å²) in [7, 11) is 1.68. The third kappa shape index (κ3) is 3.17. The molecule has 0 aromatic heterocycles. The number of halogens is 1. The predicted molar refractivity (Wildman–Crippen MR) is 108 cm³/mol. The third-order valence-corrected chi connectivity index (χ3v) is 6.50. The maximum absolute atomic E-state index is 13.5. The first-order valence-corrected chi connectivity index (χ1v) is 9.89. The van der Waals surface area contributed by atoms with Crippen molar-refractivity contribution in [3.8, 4) is 11.1 Å². The van der Waals surface area contributed by atoms with E-state index in [9.17, 15) is 9.18 Å². The molecule has 1 N–H and O–H groups in total. The molecule has 5 heteroatoms. The van der Waals surface area contributed by atoms with Crippen molar-refractivity contribution in [2.75, 3.05) is 26.7 Å². The van der Waals surface area contributed by atoms with Crippen LogP contribution in [0.3, 0.4) is 0 Å². The van der Waals surface area contributed by atoms with Gasteiger partial charge >= 0.3 is 0 Å². The van der Waals surface area contributed by atoms with E-state index in [2.05, 4.69) is 31.3 Å². The zero-order chi connectivity index (χ0) is 19.9. The van der Waals surface area contributed by atoms with Gasteiger partial charge in [0, 0.05) is 19.6 Å². The van der Waals surface area contributed by atoms with Crippen molar-refractivity contribution in [1.29, 1.82) is 0 Å². The van der Waals surface area contributed by atoms with Crippen molar-refractivity contribution >= 4 is 5.78 Å². The topological polar surface area (TPSA) is 41.6 Å². The van der Waals surface area contributed by atoms with Crippen molar-refractivity contribution in [1.82, 2.24) is 10.4 Å². The fourth-order valence-corrected chi connectivity index (χ4v) is 4.86. The molecule has 2 aliphatic rings. The fourth-order valence-electron chi connectivity index (χ4n) is 4.86. The second-order valence-electron chi connectivity index (χ2n) is 7.97. The summed E-state index contributed by atoms with van der Waals surface area (Å²) in [6, 6.07) is 10.7. The van der Waals surface area contributed by atoms with Crippen LogP contribution in [0.25, 0.3) is 11.1 Å². The minimum Gasteiger partial charge on any atom is -0.304 e. The van der Waals surface area contributed by atoms with Gasteiger partial charge in [-0.15, -0.1) is 0 Å². The summed E-state index contributed by atoms with van der Waals surface area (Å²) in [6.45, 7) is 6.33. The van der Waals surface area contributed by atoms with E-state index in [1.807, 2.05) is 5.06 Å². The van der Waals surface area contributed by atoms with Gasteiger partial charge in [0.25, 0.3) is 0 Å². The zero-order valence-electron chi connectivity index (χ0n) is 16.7. The van der Waals surface area contributed by atoms with E-state index < -0.39 is 5.54 Å². The minimum absolute atomic E-state index is 0.144. The molecule has 2 aliphatic heterocycles. The summed E-state index contributed by atoms with van der Waals surface area (Å²) in [5.41, 5.74) is 4.95. The van der Waals surface area contributed by atoms with Crippen LogP contribution >= 0.6 is 0 Å². The molecule has 0 saturated carbocycles. The molecular formula is C23H27FN2O2. The molecule has 0 aliphatic carbocycles. The van der Waals surface area contributed by atoms with Crippen LogP contribution in [0.1, 0.15) is 35.4 Å². The summed E-state index contributed by atoms with van der Waals surface area (Å²) in [5.74, 6) is -0.0894. The standard InChI is InChI=1S/C23H27FN2O2/c1-15-4-9-19(17-5-7-18(24)8-6-17)16(2)21(15)20-14-25-23(22(20)27)10-12-26(28-3)13-11-23/h4-9,20,25H,10-14H2,1-3H3. The number of hydroxylamine groups is 2. The molecule has 1 atom stereocenters. The van der Waals surface area contributed by atoms with Crippen LogP contribution in [0, 0.1) is 19.7 Å². The van der Waals surface area contributed by atoms with E-state index >= 15 is 0 Å². The molecule has 2 fully saturated rings. The number of carbonyl (C=O) groups is 1. The van der Waals surface area contributed by atoms with Gasteiger partial charge < -0.3 is 10.2 Å². The SMILES string of the molecule is CON1CCC2(CC1)NCC(c1c(C)ccc(-c3ccc(F)cc3)c1C)C2=O. The summed E-state index contributed by atoms with van der Waals surface area (Å²) in [5, 5.41) is 5.47. The van der Waals surface area contributed by atoms with Gasteiger partial charge in [-0.25, -0.2) is 4.39 Å². The number of hydrogen-bond acceptors (Lipinski definition) is 4. The van der Waals surface area contributed by atoms with Crippen molar-refractivity contribution in [3.05, 3.63) is 58.9 Å². The van der Waals surface area contributed by atoms with Gasteiger partial charge in [-0.3, -0.25) is 4.79 Å². The zero-order valence-corrected chi connectivity index (χ0v) is 16.7. The molecule has 2 aromatic carbocycles. The number of hydrogen-bond donors (Lipinski definition) is 1. The highest BCUT2D eigenvalue weighted by atomic mass is 19.1. The van der Waals surface area contributed by atoms with Gasteiger partial charge in [0.1, 0.15) is 5.82 Å². The number of nitrogens with one attached hydrogen (secondary N) is 1. The van der Waals surface area contributed by atoms with Crippen molar-refractivity contribution in [3.63, 3.8) is 0 Å². The molecule has 4 rings (SSSR count). The molecule has 2 heterocycles. The first-order chi connectivity index (χ1) is 13.4.